The Morgan fingerprint density at radius 3 is 2.88 bits per heavy atom. The predicted octanol–water partition coefficient (Wildman–Crippen LogP) is 0.918. The van der Waals surface area contributed by atoms with E-state index in [4.69, 9.17) is 9.26 Å². The van der Waals surface area contributed by atoms with E-state index in [-0.39, 0.29) is 18.1 Å². The second-order valence-electron chi connectivity index (χ2n) is 3.63. The SMILES string of the molecule is CCC(=O)C(C)NC(=O)c1cc(COC)on1. The number of rotatable bonds is 6. The number of aromatic nitrogens is 1. The van der Waals surface area contributed by atoms with Crippen molar-refractivity contribution in [2.45, 2.75) is 32.9 Å². The van der Waals surface area contributed by atoms with Crippen LogP contribution in [0.3, 0.4) is 0 Å². The van der Waals surface area contributed by atoms with Gasteiger partial charge in [-0.2, -0.15) is 0 Å². The van der Waals surface area contributed by atoms with Crippen molar-refractivity contribution in [1.82, 2.24) is 10.5 Å². The number of hydrogen-bond acceptors (Lipinski definition) is 5. The fourth-order valence-corrected chi connectivity index (χ4v) is 1.29. The summed E-state index contributed by atoms with van der Waals surface area (Å²) in [6, 6.07) is 0.970. The van der Waals surface area contributed by atoms with Gasteiger partial charge >= 0.3 is 0 Å². The Labute approximate surface area is 99.3 Å². The van der Waals surface area contributed by atoms with Crippen LogP contribution >= 0.6 is 0 Å². The van der Waals surface area contributed by atoms with E-state index in [1.165, 1.54) is 13.2 Å². The maximum Gasteiger partial charge on any atom is 0.274 e. The third-order valence-corrected chi connectivity index (χ3v) is 2.26. The number of methoxy groups -OCH3 is 1. The highest BCUT2D eigenvalue weighted by Gasteiger charge is 2.17. The van der Waals surface area contributed by atoms with Crippen molar-refractivity contribution >= 4 is 11.7 Å². The van der Waals surface area contributed by atoms with Gasteiger partial charge in [-0.3, -0.25) is 9.59 Å². The van der Waals surface area contributed by atoms with Crippen molar-refractivity contribution in [1.29, 1.82) is 0 Å². The maximum atomic E-state index is 11.7. The Morgan fingerprint density at radius 2 is 2.29 bits per heavy atom. The number of nitrogens with zero attached hydrogens (tertiary/aromatic N) is 1. The number of carbonyl (C=O) groups excluding carboxylic acids is 2. The van der Waals surface area contributed by atoms with E-state index in [9.17, 15) is 9.59 Å². The van der Waals surface area contributed by atoms with Gasteiger partial charge in [0, 0.05) is 19.6 Å². The summed E-state index contributed by atoms with van der Waals surface area (Å²) in [5, 5.41) is 6.15. The zero-order valence-corrected chi connectivity index (χ0v) is 10.1. The van der Waals surface area contributed by atoms with E-state index in [2.05, 4.69) is 10.5 Å². The summed E-state index contributed by atoms with van der Waals surface area (Å²) in [7, 11) is 1.52. The summed E-state index contributed by atoms with van der Waals surface area (Å²) in [5.74, 6) is 0.0106. The average molecular weight is 240 g/mol. The van der Waals surface area contributed by atoms with E-state index >= 15 is 0 Å². The van der Waals surface area contributed by atoms with Gasteiger partial charge < -0.3 is 14.6 Å². The minimum atomic E-state index is -0.518. The highest BCUT2D eigenvalue weighted by atomic mass is 16.5. The van der Waals surface area contributed by atoms with Gasteiger partial charge in [0.1, 0.15) is 6.61 Å². The molecule has 1 aromatic rings. The van der Waals surface area contributed by atoms with Crippen LogP contribution in [0, 0.1) is 0 Å². The first-order valence-corrected chi connectivity index (χ1v) is 5.36. The molecule has 17 heavy (non-hydrogen) atoms. The van der Waals surface area contributed by atoms with Gasteiger partial charge in [-0.05, 0) is 6.92 Å². The zero-order valence-electron chi connectivity index (χ0n) is 10.1. The topological polar surface area (TPSA) is 81.4 Å². The molecule has 0 saturated carbocycles. The lowest BCUT2D eigenvalue weighted by Crippen LogP contribution is -2.38. The molecule has 0 aromatic carbocycles. The molecule has 1 aromatic heterocycles. The van der Waals surface area contributed by atoms with Crippen molar-refractivity contribution in [3.63, 3.8) is 0 Å². The summed E-state index contributed by atoms with van der Waals surface area (Å²) in [6.07, 6.45) is 0.384. The number of ketones is 1. The third kappa shape index (κ3) is 3.67. The molecule has 1 atom stereocenters. The van der Waals surface area contributed by atoms with Crippen LogP contribution in [-0.2, 0) is 16.1 Å². The monoisotopic (exact) mass is 240 g/mol. The second kappa shape index (κ2) is 6.15. The van der Waals surface area contributed by atoms with E-state index in [1.807, 2.05) is 0 Å². The Hall–Kier alpha value is -1.69. The van der Waals surface area contributed by atoms with Crippen LogP contribution in [0.5, 0.6) is 0 Å². The van der Waals surface area contributed by atoms with Crippen LogP contribution in [-0.4, -0.2) is 30.0 Å². The molecule has 0 aliphatic carbocycles. The summed E-state index contributed by atoms with van der Waals surface area (Å²) in [4.78, 5) is 23.0. The fraction of sp³-hybridized carbons (Fsp3) is 0.545. The van der Waals surface area contributed by atoms with Crippen molar-refractivity contribution in [2.24, 2.45) is 0 Å². The van der Waals surface area contributed by atoms with Gasteiger partial charge in [0.15, 0.2) is 17.2 Å². The van der Waals surface area contributed by atoms with Crippen LogP contribution in [0.15, 0.2) is 10.6 Å². The van der Waals surface area contributed by atoms with Crippen LogP contribution in [0.1, 0.15) is 36.5 Å². The molecule has 6 nitrogen and oxygen atoms in total. The predicted molar refractivity (Wildman–Crippen MR) is 59.4 cm³/mol. The van der Waals surface area contributed by atoms with Crippen LogP contribution in [0.2, 0.25) is 0 Å². The molecule has 1 heterocycles. The van der Waals surface area contributed by atoms with E-state index in [0.717, 1.165) is 0 Å². The van der Waals surface area contributed by atoms with Gasteiger partial charge in [-0.25, -0.2) is 0 Å². The lowest BCUT2D eigenvalue weighted by atomic mass is 10.1. The first-order valence-electron chi connectivity index (χ1n) is 5.36. The van der Waals surface area contributed by atoms with Crippen LogP contribution in [0.4, 0.5) is 0 Å². The number of amides is 1. The third-order valence-electron chi connectivity index (χ3n) is 2.26. The molecule has 0 bridgehead atoms. The number of nitrogens with one attached hydrogen (secondary N) is 1. The standard InChI is InChI=1S/C11H16N2O4/c1-4-10(14)7(2)12-11(15)9-5-8(6-16-3)17-13-9/h5,7H,4,6H2,1-3H3,(H,12,15). The van der Waals surface area contributed by atoms with Crippen molar-refractivity contribution in [3.8, 4) is 0 Å². The van der Waals surface area contributed by atoms with Crippen molar-refractivity contribution in [2.75, 3.05) is 7.11 Å². The summed E-state index contributed by atoms with van der Waals surface area (Å²) >= 11 is 0. The molecule has 0 fully saturated rings. The molecule has 0 spiro atoms. The Morgan fingerprint density at radius 1 is 1.59 bits per heavy atom. The second-order valence-corrected chi connectivity index (χ2v) is 3.63. The zero-order chi connectivity index (χ0) is 12.8. The first kappa shape index (κ1) is 13.4. The minimum absolute atomic E-state index is 0.0287. The molecule has 0 aliphatic rings. The lowest BCUT2D eigenvalue weighted by molar-refractivity contribution is -0.120. The largest absolute Gasteiger partial charge is 0.377 e. The minimum Gasteiger partial charge on any atom is -0.377 e. The van der Waals surface area contributed by atoms with Crippen molar-refractivity contribution in [3.05, 3.63) is 17.5 Å². The molecule has 1 amide bonds. The number of hydrogen-bond donors (Lipinski definition) is 1. The highest BCUT2D eigenvalue weighted by molar-refractivity contribution is 5.96. The number of carbonyl (C=O) groups is 2. The van der Waals surface area contributed by atoms with Gasteiger partial charge in [0.05, 0.1) is 6.04 Å². The Balaban J connectivity index is 2.60. The lowest BCUT2D eigenvalue weighted by Gasteiger charge is -2.09. The maximum absolute atomic E-state index is 11.7. The van der Waals surface area contributed by atoms with Gasteiger partial charge in [0.2, 0.25) is 0 Å². The average Bonchev–Trinajstić information content (AvgIpc) is 2.77. The molecule has 0 aliphatic heterocycles. The fourth-order valence-electron chi connectivity index (χ4n) is 1.29. The number of ether oxygens (including phenoxy) is 1. The molecule has 94 valence electrons. The molecule has 1 unspecified atom stereocenters. The first-order chi connectivity index (χ1) is 8.08. The van der Waals surface area contributed by atoms with Crippen LogP contribution < -0.4 is 5.32 Å². The molecule has 1 rings (SSSR count). The Kier molecular flexibility index (Phi) is 4.84. The quantitative estimate of drug-likeness (QED) is 0.799. The van der Waals surface area contributed by atoms with E-state index in [0.29, 0.717) is 12.2 Å². The molecule has 0 saturated heterocycles. The summed E-state index contributed by atoms with van der Waals surface area (Å²) in [6.45, 7) is 3.64. The summed E-state index contributed by atoms with van der Waals surface area (Å²) in [5.41, 5.74) is 0.146. The van der Waals surface area contributed by atoms with Crippen LogP contribution in [0.25, 0.3) is 0 Å². The van der Waals surface area contributed by atoms with Crippen molar-refractivity contribution < 1.29 is 18.8 Å². The smallest absolute Gasteiger partial charge is 0.274 e. The Bertz CT molecular complexity index is 400. The van der Waals surface area contributed by atoms with E-state index in [1.54, 1.807) is 13.8 Å². The van der Waals surface area contributed by atoms with Gasteiger partial charge in [-0.15, -0.1) is 0 Å². The van der Waals surface area contributed by atoms with Gasteiger partial charge in [0.25, 0.3) is 5.91 Å². The molecular formula is C11H16N2O4. The summed E-state index contributed by atoms with van der Waals surface area (Å²) < 4.78 is 9.71. The number of Topliss-reactive ketones (excluding diaryl/α,β-unsaturated/α-hetero) is 1. The normalized spacial score (nSPS) is 12.2. The molecular weight excluding hydrogens is 224 g/mol. The van der Waals surface area contributed by atoms with Gasteiger partial charge in [-0.1, -0.05) is 12.1 Å². The molecule has 6 heteroatoms. The van der Waals surface area contributed by atoms with E-state index < -0.39 is 11.9 Å². The highest BCUT2D eigenvalue weighted by Crippen LogP contribution is 2.05. The molecule has 1 N–H and O–H groups in total. The molecule has 0 radical (unpaired) electrons.